The van der Waals surface area contributed by atoms with E-state index < -0.39 is 11.4 Å². The van der Waals surface area contributed by atoms with Crippen LogP contribution in [0.15, 0.2) is 30.3 Å². The molecule has 1 heterocycles. The van der Waals surface area contributed by atoms with E-state index in [0.29, 0.717) is 25.9 Å². The predicted octanol–water partition coefficient (Wildman–Crippen LogP) is 1.94. The van der Waals surface area contributed by atoms with Crippen LogP contribution in [0.3, 0.4) is 0 Å². The van der Waals surface area contributed by atoms with Gasteiger partial charge in [0.2, 0.25) is 11.8 Å². The van der Waals surface area contributed by atoms with E-state index in [-0.39, 0.29) is 30.7 Å². The van der Waals surface area contributed by atoms with Crippen LogP contribution in [0, 0.1) is 5.41 Å². The number of benzene rings is 1. The molecule has 2 N–H and O–H groups in total. The fourth-order valence-corrected chi connectivity index (χ4v) is 3.93. The molecule has 0 aromatic heterocycles. The van der Waals surface area contributed by atoms with Gasteiger partial charge in [-0.15, -0.1) is 0 Å². The summed E-state index contributed by atoms with van der Waals surface area (Å²) in [5.74, 6) is -1.13. The van der Waals surface area contributed by atoms with E-state index in [4.69, 9.17) is 0 Å². The number of aliphatic carboxylic acids is 1. The largest absolute Gasteiger partial charge is 0.481 e. The summed E-state index contributed by atoms with van der Waals surface area (Å²) in [4.78, 5) is 37.8. The van der Waals surface area contributed by atoms with Gasteiger partial charge >= 0.3 is 5.97 Å². The summed E-state index contributed by atoms with van der Waals surface area (Å²) >= 11 is 0. The molecule has 1 aromatic rings. The smallest absolute Gasteiger partial charge is 0.310 e. The summed E-state index contributed by atoms with van der Waals surface area (Å²) in [6.45, 7) is 1.00. The van der Waals surface area contributed by atoms with E-state index in [2.05, 4.69) is 5.32 Å². The van der Waals surface area contributed by atoms with Gasteiger partial charge in [0.05, 0.1) is 11.5 Å². The number of nitrogens with zero attached hydrogens (tertiary/aromatic N) is 1. The zero-order valence-corrected chi connectivity index (χ0v) is 14.2. The molecule has 1 unspecified atom stereocenters. The van der Waals surface area contributed by atoms with E-state index in [1.165, 1.54) is 0 Å². The Labute approximate surface area is 147 Å². The number of nitrogens with one attached hydrogen (secondary N) is 1. The molecular weight excluding hydrogens is 320 g/mol. The lowest BCUT2D eigenvalue weighted by Crippen LogP contribution is -2.41. The highest BCUT2D eigenvalue weighted by Crippen LogP contribution is 2.41. The van der Waals surface area contributed by atoms with Crippen molar-refractivity contribution in [3.63, 3.8) is 0 Å². The number of hydrogen-bond donors (Lipinski definition) is 2. The number of rotatable bonds is 6. The molecular formula is C19H24N2O4. The lowest BCUT2D eigenvalue weighted by atomic mass is 9.82. The molecule has 134 valence electrons. The number of likely N-dealkylation sites (tertiary alicyclic amines) is 1. The summed E-state index contributed by atoms with van der Waals surface area (Å²) in [7, 11) is 0. The van der Waals surface area contributed by atoms with Crippen LogP contribution in [0.2, 0.25) is 0 Å². The van der Waals surface area contributed by atoms with Crippen LogP contribution in [0.4, 0.5) is 0 Å². The SMILES string of the molecule is O=C(CC1(C(=O)O)CCCC1)NC1CC(=O)N(Cc2ccccc2)C1. The molecule has 1 aliphatic heterocycles. The third kappa shape index (κ3) is 4.00. The lowest BCUT2D eigenvalue weighted by Gasteiger charge is -2.24. The summed E-state index contributed by atoms with van der Waals surface area (Å²) in [6.07, 6.45) is 3.10. The second kappa shape index (κ2) is 7.25. The number of carbonyl (C=O) groups is 3. The first-order chi connectivity index (χ1) is 12.0. The van der Waals surface area contributed by atoms with Gasteiger partial charge in [-0.25, -0.2) is 0 Å². The van der Waals surface area contributed by atoms with Gasteiger partial charge in [-0.05, 0) is 18.4 Å². The first-order valence-electron chi connectivity index (χ1n) is 8.83. The Morgan fingerprint density at radius 2 is 1.88 bits per heavy atom. The van der Waals surface area contributed by atoms with Crippen molar-refractivity contribution < 1.29 is 19.5 Å². The van der Waals surface area contributed by atoms with Gasteiger partial charge in [0.1, 0.15) is 0 Å². The molecule has 1 aromatic carbocycles. The number of carbonyl (C=O) groups excluding carboxylic acids is 2. The molecule has 6 heteroatoms. The molecule has 2 amide bonds. The average molecular weight is 344 g/mol. The van der Waals surface area contributed by atoms with Gasteiger partial charge in [-0.1, -0.05) is 43.2 Å². The molecule has 6 nitrogen and oxygen atoms in total. The number of amides is 2. The van der Waals surface area contributed by atoms with Crippen LogP contribution in [-0.4, -0.2) is 40.4 Å². The van der Waals surface area contributed by atoms with Crippen LogP contribution in [0.5, 0.6) is 0 Å². The molecule has 1 atom stereocenters. The Morgan fingerprint density at radius 1 is 1.20 bits per heavy atom. The minimum absolute atomic E-state index is 0.00566. The van der Waals surface area contributed by atoms with E-state index in [1.54, 1.807) is 4.90 Å². The highest BCUT2D eigenvalue weighted by Gasteiger charge is 2.43. The predicted molar refractivity (Wildman–Crippen MR) is 91.6 cm³/mol. The van der Waals surface area contributed by atoms with Gasteiger partial charge in [-0.3, -0.25) is 14.4 Å². The second-order valence-corrected chi connectivity index (χ2v) is 7.20. The van der Waals surface area contributed by atoms with Gasteiger partial charge in [-0.2, -0.15) is 0 Å². The van der Waals surface area contributed by atoms with Crippen LogP contribution in [-0.2, 0) is 20.9 Å². The van der Waals surface area contributed by atoms with Crippen molar-refractivity contribution in [3.05, 3.63) is 35.9 Å². The van der Waals surface area contributed by atoms with E-state index >= 15 is 0 Å². The zero-order chi connectivity index (χ0) is 17.9. The Bertz CT molecular complexity index is 653. The topological polar surface area (TPSA) is 86.7 Å². The molecule has 3 rings (SSSR count). The highest BCUT2D eigenvalue weighted by molar-refractivity contribution is 5.86. The molecule has 1 saturated heterocycles. The highest BCUT2D eigenvalue weighted by atomic mass is 16.4. The molecule has 1 saturated carbocycles. The van der Waals surface area contributed by atoms with Crippen molar-refractivity contribution in [1.29, 1.82) is 0 Å². The average Bonchev–Trinajstić information content (AvgIpc) is 3.16. The van der Waals surface area contributed by atoms with Crippen molar-refractivity contribution in [2.45, 2.75) is 51.1 Å². The summed E-state index contributed by atoms with van der Waals surface area (Å²) < 4.78 is 0. The van der Waals surface area contributed by atoms with E-state index in [1.807, 2.05) is 30.3 Å². The lowest BCUT2D eigenvalue weighted by molar-refractivity contribution is -0.151. The minimum atomic E-state index is -0.920. The quantitative estimate of drug-likeness (QED) is 0.826. The number of hydrogen-bond acceptors (Lipinski definition) is 3. The zero-order valence-electron chi connectivity index (χ0n) is 14.2. The molecule has 0 bridgehead atoms. The summed E-state index contributed by atoms with van der Waals surface area (Å²) in [6, 6.07) is 9.49. The monoisotopic (exact) mass is 344 g/mol. The van der Waals surface area contributed by atoms with Crippen molar-refractivity contribution in [3.8, 4) is 0 Å². The third-order valence-corrected chi connectivity index (χ3v) is 5.31. The van der Waals surface area contributed by atoms with Crippen LogP contribution in [0.1, 0.15) is 44.1 Å². The normalized spacial score (nSPS) is 22.2. The van der Waals surface area contributed by atoms with Crippen molar-refractivity contribution in [1.82, 2.24) is 10.2 Å². The molecule has 2 fully saturated rings. The van der Waals surface area contributed by atoms with Crippen LogP contribution in [0.25, 0.3) is 0 Å². The van der Waals surface area contributed by atoms with Crippen molar-refractivity contribution in [2.24, 2.45) is 5.41 Å². The Morgan fingerprint density at radius 3 is 2.52 bits per heavy atom. The molecule has 1 aliphatic carbocycles. The van der Waals surface area contributed by atoms with E-state index in [0.717, 1.165) is 18.4 Å². The van der Waals surface area contributed by atoms with E-state index in [9.17, 15) is 19.5 Å². The second-order valence-electron chi connectivity index (χ2n) is 7.20. The molecule has 2 aliphatic rings. The summed E-state index contributed by atoms with van der Waals surface area (Å²) in [5, 5.41) is 12.3. The van der Waals surface area contributed by atoms with Crippen molar-refractivity contribution in [2.75, 3.05) is 6.54 Å². The first-order valence-corrected chi connectivity index (χ1v) is 8.83. The Hall–Kier alpha value is -2.37. The number of carboxylic acids is 1. The molecule has 0 spiro atoms. The minimum Gasteiger partial charge on any atom is -0.481 e. The van der Waals surface area contributed by atoms with Crippen LogP contribution >= 0.6 is 0 Å². The van der Waals surface area contributed by atoms with Gasteiger partial charge in [0, 0.05) is 25.9 Å². The van der Waals surface area contributed by atoms with Gasteiger partial charge in [0.15, 0.2) is 0 Å². The molecule has 25 heavy (non-hydrogen) atoms. The fraction of sp³-hybridized carbons (Fsp3) is 0.526. The number of carboxylic acid groups (broad SMARTS) is 1. The van der Waals surface area contributed by atoms with Gasteiger partial charge < -0.3 is 15.3 Å². The molecule has 0 radical (unpaired) electrons. The fourth-order valence-electron chi connectivity index (χ4n) is 3.93. The Balaban J connectivity index is 1.54. The first kappa shape index (κ1) is 17.5. The maximum Gasteiger partial charge on any atom is 0.310 e. The standard InChI is InChI=1S/C19H24N2O4/c22-16(11-19(18(24)25)8-4-5-9-19)20-15-10-17(23)21(13-15)12-14-6-2-1-3-7-14/h1-3,6-7,15H,4-5,8-13H2,(H,20,22)(H,24,25). The maximum atomic E-state index is 12.3. The van der Waals surface area contributed by atoms with Crippen molar-refractivity contribution >= 4 is 17.8 Å². The summed E-state index contributed by atoms with van der Waals surface area (Å²) in [5.41, 5.74) is 0.134. The Kier molecular flexibility index (Phi) is 5.06. The van der Waals surface area contributed by atoms with Gasteiger partial charge in [0.25, 0.3) is 0 Å². The maximum absolute atomic E-state index is 12.3. The van der Waals surface area contributed by atoms with Crippen LogP contribution < -0.4 is 5.32 Å². The third-order valence-electron chi connectivity index (χ3n) is 5.31.